The normalized spacial score (nSPS) is 15.6. The van der Waals surface area contributed by atoms with Crippen LogP contribution in [0.5, 0.6) is 0 Å². The second kappa shape index (κ2) is 7.12. The van der Waals surface area contributed by atoms with Gasteiger partial charge in [0.25, 0.3) is 11.6 Å². The summed E-state index contributed by atoms with van der Waals surface area (Å²) in [6.45, 7) is 2.23. The molecule has 9 heteroatoms. The van der Waals surface area contributed by atoms with Crippen molar-refractivity contribution < 1.29 is 18.9 Å². The zero-order chi connectivity index (χ0) is 18.8. The highest BCUT2D eigenvalue weighted by Crippen LogP contribution is 2.33. The molecule has 3 amide bonds. The minimum Gasteiger partial charge on any atom is -0.457 e. The molecule has 3 rings (SSSR count). The van der Waals surface area contributed by atoms with Crippen molar-refractivity contribution in [1.82, 2.24) is 10.2 Å². The molecule has 0 radical (unpaired) electrons. The van der Waals surface area contributed by atoms with Gasteiger partial charge in [-0.3, -0.25) is 19.8 Å². The fourth-order valence-electron chi connectivity index (χ4n) is 2.53. The van der Waals surface area contributed by atoms with E-state index in [0.717, 1.165) is 4.90 Å². The summed E-state index contributed by atoms with van der Waals surface area (Å²) in [6.07, 6.45) is 2.13. The first-order chi connectivity index (χ1) is 12.4. The number of hydrogen-bond acceptors (Lipinski definition) is 5. The number of amides is 3. The first-order valence-corrected chi connectivity index (χ1v) is 8.58. The summed E-state index contributed by atoms with van der Waals surface area (Å²) in [5.41, 5.74) is 0.742. The van der Waals surface area contributed by atoms with Crippen LogP contribution < -0.4 is 5.32 Å². The lowest BCUT2D eigenvalue weighted by Crippen LogP contribution is -2.31. The number of hydrogen-bond donors (Lipinski definition) is 1. The Balaban J connectivity index is 1.86. The number of non-ortho nitro benzene ring substituents is 1. The zero-order valence-electron chi connectivity index (χ0n) is 13.7. The Bertz CT molecular complexity index is 934. The van der Waals surface area contributed by atoms with Gasteiger partial charge in [-0.25, -0.2) is 4.79 Å². The summed E-state index contributed by atoms with van der Waals surface area (Å²) >= 11 is 3.29. The van der Waals surface area contributed by atoms with Gasteiger partial charge < -0.3 is 9.73 Å². The lowest BCUT2D eigenvalue weighted by molar-refractivity contribution is -0.384. The van der Waals surface area contributed by atoms with E-state index in [4.69, 9.17) is 4.42 Å². The summed E-state index contributed by atoms with van der Waals surface area (Å²) in [5, 5.41) is 13.3. The van der Waals surface area contributed by atoms with Crippen molar-refractivity contribution in [2.45, 2.75) is 13.3 Å². The van der Waals surface area contributed by atoms with E-state index in [1.165, 1.54) is 18.2 Å². The second-order valence-corrected chi connectivity index (χ2v) is 6.42. The van der Waals surface area contributed by atoms with Crippen LogP contribution in [0.2, 0.25) is 0 Å². The predicted molar refractivity (Wildman–Crippen MR) is 97.0 cm³/mol. The van der Waals surface area contributed by atoms with Crippen LogP contribution in [0.4, 0.5) is 10.5 Å². The van der Waals surface area contributed by atoms with E-state index in [0.29, 0.717) is 34.5 Å². The lowest BCUT2D eigenvalue weighted by Gasteiger charge is -2.08. The molecule has 0 bridgehead atoms. The second-order valence-electron chi connectivity index (χ2n) is 5.57. The van der Waals surface area contributed by atoms with Gasteiger partial charge in [-0.15, -0.1) is 0 Å². The molecule has 2 heterocycles. The Hall–Kier alpha value is -2.94. The number of carbonyl (C=O) groups is 2. The molecule has 1 aromatic heterocycles. The van der Waals surface area contributed by atoms with Gasteiger partial charge in [0.2, 0.25) is 0 Å². The maximum atomic E-state index is 12.2. The minimum atomic E-state index is -0.483. The zero-order valence-corrected chi connectivity index (χ0v) is 15.3. The highest BCUT2D eigenvalue weighted by Gasteiger charge is 2.32. The van der Waals surface area contributed by atoms with Gasteiger partial charge in [-0.1, -0.05) is 6.92 Å². The number of rotatable bonds is 5. The molecule has 134 valence electrons. The average Bonchev–Trinajstić information content (AvgIpc) is 3.15. The van der Waals surface area contributed by atoms with Crippen molar-refractivity contribution in [3.8, 4) is 11.3 Å². The lowest BCUT2D eigenvalue weighted by atomic mass is 10.1. The summed E-state index contributed by atoms with van der Waals surface area (Å²) in [5.74, 6) is 0.458. The number of nitrogens with zero attached hydrogens (tertiary/aromatic N) is 2. The number of carbonyl (C=O) groups excluding carboxylic acids is 2. The molecule has 0 atom stereocenters. The summed E-state index contributed by atoms with van der Waals surface area (Å²) in [7, 11) is 0. The van der Waals surface area contributed by atoms with Gasteiger partial charge in [0.05, 0.1) is 4.92 Å². The number of benzene rings is 1. The van der Waals surface area contributed by atoms with E-state index in [9.17, 15) is 19.7 Å². The Labute approximate surface area is 156 Å². The third-order valence-electron chi connectivity index (χ3n) is 3.75. The van der Waals surface area contributed by atoms with E-state index in [2.05, 4.69) is 21.2 Å². The number of imide groups is 1. The van der Waals surface area contributed by atoms with E-state index in [-0.39, 0.29) is 11.4 Å². The van der Waals surface area contributed by atoms with Crippen LogP contribution in [0.1, 0.15) is 19.1 Å². The molecule has 1 aliphatic heterocycles. The molecule has 2 aromatic rings. The molecule has 26 heavy (non-hydrogen) atoms. The third-order valence-corrected chi connectivity index (χ3v) is 4.41. The molecule has 0 spiro atoms. The molecular weight excluding hydrogens is 406 g/mol. The van der Waals surface area contributed by atoms with Crippen LogP contribution in [-0.4, -0.2) is 28.3 Å². The van der Waals surface area contributed by atoms with Crippen LogP contribution in [0.3, 0.4) is 0 Å². The van der Waals surface area contributed by atoms with Crippen LogP contribution >= 0.6 is 15.9 Å². The predicted octanol–water partition coefficient (Wildman–Crippen LogP) is 3.92. The number of nitro benzene ring substituents is 1. The smallest absolute Gasteiger partial charge is 0.329 e. The highest BCUT2D eigenvalue weighted by atomic mass is 79.9. The van der Waals surface area contributed by atoms with Crippen LogP contribution in [0.15, 0.2) is 44.9 Å². The van der Waals surface area contributed by atoms with Crippen molar-refractivity contribution >= 4 is 39.6 Å². The van der Waals surface area contributed by atoms with Gasteiger partial charge >= 0.3 is 6.03 Å². The SMILES string of the molecule is CCCN1C(=O)N/C(=C\c2ccc(-c3ccc([N+](=O)[O-])cc3Br)o2)C1=O. The maximum Gasteiger partial charge on any atom is 0.329 e. The Morgan fingerprint density at radius 1 is 1.31 bits per heavy atom. The van der Waals surface area contributed by atoms with Crippen molar-refractivity contribution in [3.05, 3.63) is 56.4 Å². The monoisotopic (exact) mass is 419 g/mol. The van der Waals surface area contributed by atoms with Crippen molar-refractivity contribution in [2.24, 2.45) is 0 Å². The fraction of sp³-hybridized carbons (Fsp3) is 0.176. The van der Waals surface area contributed by atoms with Gasteiger partial charge in [0.15, 0.2) is 0 Å². The molecular formula is C17H14BrN3O5. The Morgan fingerprint density at radius 2 is 2.08 bits per heavy atom. The fourth-order valence-corrected chi connectivity index (χ4v) is 3.10. The molecule has 0 unspecified atom stereocenters. The van der Waals surface area contributed by atoms with E-state index >= 15 is 0 Å². The molecule has 0 aliphatic carbocycles. The summed E-state index contributed by atoms with van der Waals surface area (Å²) in [4.78, 5) is 35.5. The minimum absolute atomic E-state index is 0.0372. The molecule has 1 saturated heterocycles. The number of nitrogens with one attached hydrogen (secondary N) is 1. The van der Waals surface area contributed by atoms with Crippen LogP contribution in [0.25, 0.3) is 17.4 Å². The Kier molecular flexibility index (Phi) is 4.90. The molecule has 0 saturated carbocycles. The van der Waals surface area contributed by atoms with Gasteiger partial charge in [0.1, 0.15) is 17.2 Å². The number of nitro groups is 1. The van der Waals surface area contributed by atoms with E-state index in [1.807, 2.05) is 6.92 Å². The van der Waals surface area contributed by atoms with Crippen molar-refractivity contribution in [1.29, 1.82) is 0 Å². The van der Waals surface area contributed by atoms with Crippen molar-refractivity contribution in [3.63, 3.8) is 0 Å². The Morgan fingerprint density at radius 3 is 2.73 bits per heavy atom. The van der Waals surface area contributed by atoms with Crippen LogP contribution in [0, 0.1) is 10.1 Å². The first kappa shape index (κ1) is 17.9. The standard InChI is InChI=1S/C17H14BrN3O5/c1-2-7-20-16(22)14(19-17(20)23)9-11-4-6-15(26-11)12-5-3-10(21(24)25)8-13(12)18/h3-6,8-9H,2,7H2,1H3,(H,19,23)/b14-9-. The molecule has 8 nitrogen and oxygen atoms in total. The van der Waals surface area contributed by atoms with Crippen molar-refractivity contribution in [2.75, 3.05) is 6.54 Å². The topological polar surface area (TPSA) is 106 Å². The van der Waals surface area contributed by atoms with Gasteiger partial charge in [-0.2, -0.15) is 0 Å². The number of furan rings is 1. The summed E-state index contributed by atoms with van der Waals surface area (Å²) < 4.78 is 6.21. The average molecular weight is 420 g/mol. The number of urea groups is 1. The van der Waals surface area contributed by atoms with E-state index in [1.54, 1.807) is 18.2 Å². The van der Waals surface area contributed by atoms with Gasteiger partial charge in [-0.05, 0) is 40.5 Å². The largest absolute Gasteiger partial charge is 0.457 e. The maximum absolute atomic E-state index is 12.2. The van der Waals surface area contributed by atoms with Gasteiger partial charge in [0, 0.05) is 34.8 Å². The third kappa shape index (κ3) is 3.38. The molecule has 1 aromatic carbocycles. The highest BCUT2D eigenvalue weighted by molar-refractivity contribution is 9.10. The van der Waals surface area contributed by atoms with Crippen LogP contribution in [-0.2, 0) is 4.79 Å². The first-order valence-electron chi connectivity index (χ1n) is 7.79. The quantitative estimate of drug-likeness (QED) is 0.342. The molecule has 1 aliphatic rings. The molecule has 1 N–H and O–H groups in total. The number of halogens is 1. The molecule has 1 fully saturated rings. The summed E-state index contributed by atoms with van der Waals surface area (Å²) in [6, 6.07) is 7.22. The van der Waals surface area contributed by atoms with E-state index < -0.39 is 16.9 Å².